The fourth-order valence-electron chi connectivity index (χ4n) is 3.98. The molecular formula is C18H23N3O. The van der Waals surface area contributed by atoms with E-state index >= 15 is 0 Å². The number of hydrogen-bond donors (Lipinski definition) is 0. The van der Waals surface area contributed by atoms with Gasteiger partial charge in [0.1, 0.15) is 5.65 Å². The van der Waals surface area contributed by atoms with Crippen molar-refractivity contribution in [3.8, 4) is 0 Å². The van der Waals surface area contributed by atoms with Crippen molar-refractivity contribution in [3.63, 3.8) is 0 Å². The maximum Gasteiger partial charge on any atom is 0.223 e. The van der Waals surface area contributed by atoms with Gasteiger partial charge in [-0.2, -0.15) is 0 Å². The predicted molar refractivity (Wildman–Crippen MR) is 86.6 cm³/mol. The number of hydrogen-bond acceptors (Lipinski definition) is 2. The second-order valence-electron chi connectivity index (χ2n) is 6.64. The first-order valence-electron chi connectivity index (χ1n) is 8.50. The van der Waals surface area contributed by atoms with Crippen molar-refractivity contribution in [3.05, 3.63) is 29.6 Å². The number of amides is 1. The molecule has 0 N–H and O–H groups in total. The van der Waals surface area contributed by atoms with Crippen LogP contribution in [-0.4, -0.2) is 26.9 Å². The lowest BCUT2D eigenvalue weighted by molar-refractivity contribution is -0.132. The van der Waals surface area contributed by atoms with Gasteiger partial charge >= 0.3 is 0 Å². The molecule has 22 heavy (non-hydrogen) atoms. The summed E-state index contributed by atoms with van der Waals surface area (Å²) in [5.41, 5.74) is 3.45. The van der Waals surface area contributed by atoms with Crippen LogP contribution in [-0.2, 0) is 11.3 Å². The van der Waals surface area contributed by atoms with Crippen molar-refractivity contribution < 1.29 is 4.79 Å². The lowest BCUT2D eigenvalue weighted by Gasteiger charge is -2.25. The summed E-state index contributed by atoms with van der Waals surface area (Å²) in [4.78, 5) is 19.5. The molecule has 2 aliphatic rings. The standard InChI is InChI=1S/C18H23N3O/c1-13-12-14-8-9-15-16-6-5-11-21(16)17(22)7-3-2-4-10-20(13)18(14)19-15/h8-9,12,16H,2-7,10-11H2,1H3. The normalized spacial score (nSPS) is 22.7. The highest BCUT2D eigenvalue weighted by Crippen LogP contribution is 2.33. The van der Waals surface area contributed by atoms with Crippen molar-refractivity contribution in [2.75, 3.05) is 6.54 Å². The van der Waals surface area contributed by atoms with Gasteiger partial charge in [-0.1, -0.05) is 6.42 Å². The molecule has 2 aromatic heterocycles. The zero-order valence-electron chi connectivity index (χ0n) is 13.2. The van der Waals surface area contributed by atoms with Gasteiger partial charge in [-0.25, -0.2) is 4.98 Å². The number of aryl methyl sites for hydroxylation is 2. The van der Waals surface area contributed by atoms with Crippen LogP contribution in [0.4, 0.5) is 0 Å². The van der Waals surface area contributed by atoms with Crippen molar-refractivity contribution in [1.29, 1.82) is 0 Å². The van der Waals surface area contributed by atoms with Crippen LogP contribution in [0.5, 0.6) is 0 Å². The smallest absolute Gasteiger partial charge is 0.223 e. The van der Waals surface area contributed by atoms with E-state index in [1.807, 2.05) is 0 Å². The highest BCUT2D eigenvalue weighted by molar-refractivity contribution is 5.79. The SMILES string of the molecule is Cc1cc2ccc3nc2n1CCCCCC(=O)N1CCCC31. The summed E-state index contributed by atoms with van der Waals surface area (Å²) in [5, 5.41) is 1.22. The molecule has 2 aliphatic heterocycles. The van der Waals surface area contributed by atoms with Crippen molar-refractivity contribution in [2.24, 2.45) is 0 Å². The van der Waals surface area contributed by atoms with Crippen molar-refractivity contribution in [1.82, 2.24) is 14.5 Å². The first-order chi connectivity index (χ1) is 10.7. The summed E-state index contributed by atoms with van der Waals surface area (Å²) >= 11 is 0. The first kappa shape index (κ1) is 13.8. The maximum atomic E-state index is 12.5. The van der Waals surface area contributed by atoms with Crippen LogP contribution >= 0.6 is 0 Å². The minimum absolute atomic E-state index is 0.181. The molecular weight excluding hydrogens is 274 g/mol. The second-order valence-corrected chi connectivity index (χ2v) is 6.64. The Labute approximate surface area is 131 Å². The second kappa shape index (κ2) is 5.41. The van der Waals surface area contributed by atoms with Gasteiger partial charge in [0.05, 0.1) is 11.7 Å². The molecule has 0 spiro atoms. The molecule has 2 bridgehead atoms. The van der Waals surface area contributed by atoms with Gasteiger partial charge in [0.15, 0.2) is 0 Å². The number of nitrogens with zero attached hydrogens (tertiary/aromatic N) is 3. The molecule has 0 radical (unpaired) electrons. The molecule has 2 aromatic rings. The van der Waals surface area contributed by atoms with Crippen LogP contribution in [0, 0.1) is 6.92 Å². The minimum atomic E-state index is 0.181. The van der Waals surface area contributed by atoms with Crippen LogP contribution < -0.4 is 0 Å². The molecule has 1 atom stereocenters. The van der Waals surface area contributed by atoms with Crippen LogP contribution in [0.2, 0.25) is 0 Å². The third-order valence-corrected chi connectivity index (χ3v) is 5.16. The third-order valence-electron chi connectivity index (χ3n) is 5.16. The molecule has 4 nitrogen and oxygen atoms in total. The zero-order valence-corrected chi connectivity index (χ0v) is 13.2. The number of fused-ring (bicyclic) bond motifs is 3. The average Bonchev–Trinajstić information content (AvgIpc) is 3.10. The molecule has 0 saturated carbocycles. The molecule has 4 heteroatoms. The quantitative estimate of drug-likeness (QED) is 0.745. The Morgan fingerprint density at radius 1 is 1.14 bits per heavy atom. The molecule has 1 unspecified atom stereocenters. The van der Waals surface area contributed by atoms with Crippen molar-refractivity contribution in [2.45, 2.75) is 58.0 Å². The molecule has 1 fully saturated rings. The van der Waals surface area contributed by atoms with Gasteiger partial charge in [0, 0.05) is 30.6 Å². The zero-order chi connectivity index (χ0) is 15.1. The fourth-order valence-corrected chi connectivity index (χ4v) is 3.98. The van der Waals surface area contributed by atoms with E-state index in [4.69, 9.17) is 4.98 Å². The number of pyridine rings is 1. The summed E-state index contributed by atoms with van der Waals surface area (Å²) in [7, 11) is 0. The van der Waals surface area contributed by atoms with E-state index in [1.54, 1.807) is 0 Å². The number of carbonyl (C=O) groups is 1. The van der Waals surface area contributed by atoms with Crippen LogP contribution in [0.1, 0.15) is 56.0 Å². The van der Waals surface area contributed by atoms with E-state index in [-0.39, 0.29) is 6.04 Å². The molecule has 4 heterocycles. The fraction of sp³-hybridized carbons (Fsp3) is 0.556. The Kier molecular flexibility index (Phi) is 3.40. The van der Waals surface area contributed by atoms with Gasteiger partial charge in [-0.05, 0) is 50.8 Å². The Hall–Kier alpha value is -1.84. The minimum Gasteiger partial charge on any atom is -0.334 e. The molecule has 4 rings (SSSR count). The summed E-state index contributed by atoms with van der Waals surface area (Å²) < 4.78 is 2.35. The lowest BCUT2D eigenvalue weighted by Crippen LogP contribution is -2.31. The number of rotatable bonds is 0. The summed E-state index contributed by atoms with van der Waals surface area (Å²) in [5.74, 6) is 0.316. The van der Waals surface area contributed by atoms with E-state index in [1.165, 1.54) is 11.1 Å². The summed E-state index contributed by atoms with van der Waals surface area (Å²) in [6.45, 7) is 4.07. The van der Waals surface area contributed by atoms with E-state index in [0.29, 0.717) is 12.3 Å². The number of aromatic nitrogens is 2. The average molecular weight is 297 g/mol. The van der Waals surface area contributed by atoms with E-state index < -0.39 is 0 Å². The lowest BCUT2D eigenvalue weighted by atomic mass is 10.1. The molecule has 116 valence electrons. The molecule has 0 aliphatic carbocycles. The molecule has 1 amide bonds. The van der Waals surface area contributed by atoms with Crippen LogP contribution in [0.15, 0.2) is 18.2 Å². The monoisotopic (exact) mass is 297 g/mol. The van der Waals surface area contributed by atoms with Gasteiger partial charge < -0.3 is 9.47 Å². The van der Waals surface area contributed by atoms with E-state index in [2.05, 4.69) is 34.6 Å². The van der Waals surface area contributed by atoms with Gasteiger partial charge in [0.25, 0.3) is 0 Å². The highest BCUT2D eigenvalue weighted by atomic mass is 16.2. The van der Waals surface area contributed by atoms with Crippen LogP contribution in [0.3, 0.4) is 0 Å². The van der Waals surface area contributed by atoms with E-state index in [9.17, 15) is 4.79 Å². The van der Waals surface area contributed by atoms with Gasteiger partial charge in [-0.3, -0.25) is 4.79 Å². The van der Waals surface area contributed by atoms with E-state index in [0.717, 1.165) is 56.5 Å². The Morgan fingerprint density at radius 2 is 2.05 bits per heavy atom. The summed E-state index contributed by atoms with van der Waals surface area (Å²) in [6, 6.07) is 6.70. The van der Waals surface area contributed by atoms with Crippen LogP contribution in [0.25, 0.3) is 11.0 Å². The van der Waals surface area contributed by atoms with Gasteiger partial charge in [0.2, 0.25) is 5.91 Å². The predicted octanol–water partition coefficient (Wildman–Crippen LogP) is 3.58. The Bertz CT molecular complexity index is 718. The van der Waals surface area contributed by atoms with Gasteiger partial charge in [-0.15, -0.1) is 0 Å². The van der Waals surface area contributed by atoms with Crippen molar-refractivity contribution >= 4 is 16.9 Å². The Morgan fingerprint density at radius 3 is 2.95 bits per heavy atom. The Balaban J connectivity index is 1.83. The molecule has 1 saturated heterocycles. The largest absolute Gasteiger partial charge is 0.334 e. The third kappa shape index (κ3) is 2.21. The maximum absolute atomic E-state index is 12.5. The first-order valence-corrected chi connectivity index (χ1v) is 8.50. The highest BCUT2D eigenvalue weighted by Gasteiger charge is 2.31. The number of carbonyl (C=O) groups excluding carboxylic acids is 1. The summed E-state index contributed by atoms with van der Waals surface area (Å²) in [6.07, 6.45) is 6.07. The topological polar surface area (TPSA) is 38.1 Å². The molecule has 0 aromatic carbocycles.